The van der Waals surface area contributed by atoms with Gasteiger partial charge in [0, 0.05) is 42.3 Å². The second-order valence-electron chi connectivity index (χ2n) is 9.04. The molecule has 7 heteroatoms. The minimum absolute atomic E-state index is 0.133. The Hall–Kier alpha value is -3.29. The molecule has 0 unspecified atom stereocenters. The molecule has 1 aliphatic heterocycles. The van der Waals surface area contributed by atoms with E-state index in [2.05, 4.69) is 49.3 Å². The molecule has 4 aromatic rings. The Balaban J connectivity index is 1.48. The van der Waals surface area contributed by atoms with Crippen LogP contribution in [0.1, 0.15) is 36.0 Å². The van der Waals surface area contributed by atoms with Gasteiger partial charge in [-0.1, -0.05) is 6.42 Å². The van der Waals surface area contributed by atoms with Gasteiger partial charge in [-0.2, -0.15) is 0 Å². The Morgan fingerprint density at radius 1 is 1.00 bits per heavy atom. The van der Waals surface area contributed by atoms with Crippen molar-refractivity contribution in [3.63, 3.8) is 0 Å². The molecule has 0 bridgehead atoms. The summed E-state index contributed by atoms with van der Waals surface area (Å²) < 4.78 is 15.8. The SMILES string of the molecule is Cc1cc(Nc2ncnc3ccc(-n4cc(CCO)c(CN5CCCCC5)c4)cc23)ccc1F. The number of nitrogens with one attached hydrogen (secondary N) is 1. The molecule has 2 aromatic heterocycles. The van der Waals surface area contributed by atoms with E-state index in [1.54, 1.807) is 19.1 Å². The molecule has 0 spiro atoms. The Morgan fingerprint density at radius 3 is 2.62 bits per heavy atom. The smallest absolute Gasteiger partial charge is 0.141 e. The summed E-state index contributed by atoms with van der Waals surface area (Å²) in [5.74, 6) is 0.446. The quantitative estimate of drug-likeness (QED) is 0.401. The van der Waals surface area contributed by atoms with Crippen LogP contribution in [0, 0.1) is 12.7 Å². The molecule has 5 rings (SSSR count). The van der Waals surface area contributed by atoms with Crippen molar-refractivity contribution in [1.82, 2.24) is 19.4 Å². The summed E-state index contributed by atoms with van der Waals surface area (Å²) in [4.78, 5) is 11.4. The number of aliphatic hydroxyl groups is 1. The zero-order valence-electron chi connectivity index (χ0n) is 19.5. The third-order valence-electron chi connectivity index (χ3n) is 6.56. The van der Waals surface area contributed by atoms with Gasteiger partial charge in [0.25, 0.3) is 0 Å². The molecule has 6 nitrogen and oxygen atoms in total. The summed E-state index contributed by atoms with van der Waals surface area (Å²) >= 11 is 0. The molecule has 176 valence electrons. The Kier molecular flexibility index (Phi) is 6.56. The summed E-state index contributed by atoms with van der Waals surface area (Å²) in [6, 6.07) is 11.0. The minimum Gasteiger partial charge on any atom is -0.396 e. The van der Waals surface area contributed by atoms with E-state index < -0.39 is 0 Å². The van der Waals surface area contributed by atoms with Gasteiger partial charge in [0.15, 0.2) is 0 Å². The van der Waals surface area contributed by atoms with Crippen LogP contribution in [-0.4, -0.2) is 44.2 Å². The molecule has 3 heterocycles. The third-order valence-corrected chi connectivity index (χ3v) is 6.56. The van der Waals surface area contributed by atoms with Gasteiger partial charge in [-0.3, -0.25) is 4.90 Å². The normalized spacial score (nSPS) is 14.6. The van der Waals surface area contributed by atoms with Gasteiger partial charge in [0.1, 0.15) is 18.0 Å². The molecule has 1 aliphatic rings. The molecule has 0 amide bonds. The van der Waals surface area contributed by atoms with E-state index in [4.69, 9.17) is 0 Å². The predicted octanol–water partition coefficient (Wildman–Crippen LogP) is 5.13. The summed E-state index contributed by atoms with van der Waals surface area (Å²) in [6.45, 7) is 5.06. The maximum Gasteiger partial charge on any atom is 0.141 e. The number of likely N-dealkylation sites (tertiary alicyclic amines) is 1. The van der Waals surface area contributed by atoms with E-state index in [1.165, 1.54) is 42.8 Å². The van der Waals surface area contributed by atoms with E-state index in [0.717, 1.165) is 41.9 Å². The van der Waals surface area contributed by atoms with Crippen LogP contribution >= 0.6 is 0 Å². The molecule has 2 aromatic carbocycles. The highest BCUT2D eigenvalue weighted by Crippen LogP contribution is 2.27. The van der Waals surface area contributed by atoms with Crippen LogP contribution in [0.15, 0.2) is 55.1 Å². The van der Waals surface area contributed by atoms with Crippen molar-refractivity contribution in [3.8, 4) is 5.69 Å². The molecule has 0 radical (unpaired) electrons. The van der Waals surface area contributed by atoms with E-state index in [-0.39, 0.29) is 12.4 Å². The molecule has 0 aliphatic carbocycles. The number of nitrogens with zero attached hydrogens (tertiary/aromatic N) is 4. The average Bonchev–Trinajstić information content (AvgIpc) is 3.24. The Labute approximate surface area is 199 Å². The summed E-state index contributed by atoms with van der Waals surface area (Å²) in [7, 11) is 0. The first-order valence-electron chi connectivity index (χ1n) is 11.9. The predicted molar refractivity (Wildman–Crippen MR) is 133 cm³/mol. The average molecular weight is 460 g/mol. The number of rotatable bonds is 7. The highest BCUT2D eigenvalue weighted by atomic mass is 19.1. The number of benzene rings is 2. The molecular formula is C27H30FN5O. The summed E-state index contributed by atoms with van der Waals surface area (Å²) in [5.41, 5.74) is 5.63. The number of hydrogen-bond donors (Lipinski definition) is 2. The van der Waals surface area contributed by atoms with Gasteiger partial charge in [0.05, 0.1) is 5.52 Å². The topological polar surface area (TPSA) is 66.2 Å². The highest BCUT2D eigenvalue weighted by molar-refractivity contribution is 5.92. The molecular weight excluding hydrogens is 429 g/mol. The molecule has 1 fully saturated rings. The van der Waals surface area contributed by atoms with Gasteiger partial charge in [-0.15, -0.1) is 0 Å². The number of aryl methyl sites for hydroxylation is 1. The fourth-order valence-corrected chi connectivity index (χ4v) is 4.70. The van der Waals surface area contributed by atoms with Crippen molar-refractivity contribution in [1.29, 1.82) is 0 Å². The van der Waals surface area contributed by atoms with Crippen molar-refractivity contribution in [3.05, 3.63) is 77.6 Å². The largest absolute Gasteiger partial charge is 0.396 e. The highest BCUT2D eigenvalue weighted by Gasteiger charge is 2.15. The van der Waals surface area contributed by atoms with Gasteiger partial charge < -0.3 is 15.0 Å². The lowest BCUT2D eigenvalue weighted by Gasteiger charge is -2.26. The fraction of sp³-hybridized carbons (Fsp3) is 0.333. The molecule has 1 saturated heterocycles. The number of hydrogen-bond acceptors (Lipinski definition) is 5. The van der Waals surface area contributed by atoms with Crippen molar-refractivity contribution < 1.29 is 9.50 Å². The van der Waals surface area contributed by atoms with Crippen LogP contribution in [0.3, 0.4) is 0 Å². The second-order valence-corrected chi connectivity index (χ2v) is 9.04. The van der Waals surface area contributed by atoms with Crippen LogP contribution in [0.2, 0.25) is 0 Å². The minimum atomic E-state index is -0.230. The van der Waals surface area contributed by atoms with Gasteiger partial charge in [-0.25, -0.2) is 14.4 Å². The molecule has 0 atom stereocenters. The van der Waals surface area contributed by atoms with E-state index in [0.29, 0.717) is 17.8 Å². The molecule has 2 N–H and O–H groups in total. The van der Waals surface area contributed by atoms with Crippen LogP contribution in [0.25, 0.3) is 16.6 Å². The van der Waals surface area contributed by atoms with Gasteiger partial charge in [0.2, 0.25) is 0 Å². The summed E-state index contributed by atoms with van der Waals surface area (Å²) in [6.07, 6.45) is 10.3. The van der Waals surface area contributed by atoms with E-state index in [1.807, 2.05) is 6.07 Å². The van der Waals surface area contributed by atoms with Crippen molar-refractivity contribution in [2.45, 2.75) is 39.2 Å². The van der Waals surface area contributed by atoms with Gasteiger partial charge in [-0.05, 0) is 92.4 Å². The number of aromatic nitrogens is 3. The van der Waals surface area contributed by atoms with E-state index >= 15 is 0 Å². The first kappa shape index (κ1) is 22.5. The lowest BCUT2D eigenvalue weighted by atomic mass is 10.1. The second kappa shape index (κ2) is 9.91. The lowest BCUT2D eigenvalue weighted by Crippen LogP contribution is -2.29. The third kappa shape index (κ3) is 4.81. The number of halogens is 1. The Bertz CT molecular complexity index is 1300. The van der Waals surface area contributed by atoms with Crippen LogP contribution < -0.4 is 5.32 Å². The molecule has 0 saturated carbocycles. The zero-order chi connectivity index (χ0) is 23.5. The van der Waals surface area contributed by atoms with Crippen LogP contribution in [0.5, 0.6) is 0 Å². The van der Waals surface area contributed by atoms with Crippen LogP contribution in [0.4, 0.5) is 15.9 Å². The maximum absolute atomic E-state index is 13.7. The number of aliphatic hydroxyl groups excluding tert-OH is 1. The number of piperidine rings is 1. The van der Waals surface area contributed by atoms with Crippen molar-refractivity contribution >= 4 is 22.4 Å². The molecule has 34 heavy (non-hydrogen) atoms. The maximum atomic E-state index is 13.7. The Morgan fingerprint density at radius 2 is 1.82 bits per heavy atom. The lowest BCUT2D eigenvalue weighted by molar-refractivity contribution is 0.220. The van der Waals surface area contributed by atoms with Gasteiger partial charge >= 0.3 is 0 Å². The monoisotopic (exact) mass is 459 g/mol. The van der Waals surface area contributed by atoms with E-state index in [9.17, 15) is 9.50 Å². The first-order chi connectivity index (χ1) is 16.6. The zero-order valence-corrected chi connectivity index (χ0v) is 19.5. The van der Waals surface area contributed by atoms with Crippen molar-refractivity contribution in [2.75, 3.05) is 25.0 Å². The summed E-state index contributed by atoms with van der Waals surface area (Å²) in [5, 5.41) is 13.8. The standard InChI is InChI=1S/C27H30FN5O/c1-19-13-22(5-7-25(19)28)31-27-24-14-23(6-8-26(24)29-18-30-27)33-16-20(9-12-34)21(17-33)15-32-10-3-2-4-11-32/h5-8,13-14,16-18,34H,2-4,9-12,15H2,1H3,(H,29,30,31). The fourth-order valence-electron chi connectivity index (χ4n) is 4.70. The van der Waals surface area contributed by atoms with Crippen LogP contribution in [-0.2, 0) is 13.0 Å². The first-order valence-corrected chi connectivity index (χ1v) is 11.9. The number of fused-ring (bicyclic) bond motifs is 1. The van der Waals surface area contributed by atoms with Crippen molar-refractivity contribution in [2.24, 2.45) is 0 Å². The number of anilines is 2.